The zero-order valence-electron chi connectivity index (χ0n) is 19.7. The van der Waals surface area contributed by atoms with Gasteiger partial charge >= 0.3 is 0 Å². The molecule has 2 aromatic carbocycles. The third-order valence-electron chi connectivity index (χ3n) is 5.56. The van der Waals surface area contributed by atoms with E-state index in [4.69, 9.17) is 0 Å². The highest BCUT2D eigenvalue weighted by atomic mass is 127. The van der Waals surface area contributed by atoms with E-state index in [1.54, 1.807) is 31.2 Å². The quantitative estimate of drug-likeness (QED) is 0.431. The molecule has 0 bridgehead atoms. The third-order valence-corrected chi connectivity index (χ3v) is 7.42. The smallest absolute Gasteiger partial charge is 0.244 e. The van der Waals surface area contributed by atoms with E-state index in [-0.39, 0.29) is 18.5 Å². The molecule has 0 unspecified atom stereocenters. The van der Waals surface area contributed by atoms with Crippen LogP contribution < -0.4 is 9.62 Å². The first-order chi connectivity index (χ1) is 15.4. The van der Waals surface area contributed by atoms with Crippen LogP contribution in [-0.4, -0.2) is 50.0 Å². The molecular formula is C24H32IN3O4S. The Bertz CT molecular complexity index is 1070. The molecule has 0 spiro atoms. The number of anilines is 1. The first-order valence-electron chi connectivity index (χ1n) is 10.8. The van der Waals surface area contributed by atoms with Gasteiger partial charge in [0.1, 0.15) is 12.6 Å². The minimum absolute atomic E-state index is 0.0327. The number of carbonyl (C=O) groups excluding carboxylic acids is 2. The minimum Gasteiger partial charge on any atom is -0.352 e. The summed E-state index contributed by atoms with van der Waals surface area (Å²) in [6.45, 7) is 7.29. The molecule has 2 atom stereocenters. The summed E-state index contributed by atoms with van der Waals surface area (Å²) < 4.78 is 27.1. The van der Waals surface area contributed by atoms with Gasteiger partial charge in [0.05, 0.1) is 11.9 Å². The summed E-state index contributed by atoms with van der Waals surface area (Å²) in [4.78, 5) is 27.8. The minimum atomic E-state index is -3.73. The molecule has 9 heteroatoms. The van der Waals surface area contributed by atoms with Crippen molar-refractivity contribution in [2.45, 2.75) is 52.7 Å². The van der Waals surface area contributed by atoms with Crippen molar-refractivity contribution in [2.75, 3.05) is 17.1 Å². The molecule has 0 aliphatic heterocycles. The van der Waals surface area contributed by atoms with Crippen LogP contribution in [0.25, 0.3) is 0 Å². The number of nitrogens with zero attached hydrogens (tertiary/aromatic N) is 2. The number of amides is 2. The second-order valence-corrected chi connectivity index (χ2v) is 11.3. The van der Waals surface area contributed by atoms with E-state index in [9.17, 15) is 18.0 Å². The number of nitrogens with one attached hydrogen (secondary N) is 1. The van der Waals surface area contributed by atoms with Crippen LogP contribution in [0.3, 0.4) is 0 Å². The molecule has 0 fully saturated rings. The summed E-state index contributed by atoms with van der Waals surface area (Å²) in [7, 11) is -3.73. The molecule has 1 N–H and O–H groups in total. The van der Waals surface area contributed by atoms with Gasteiger partial charge in [-0.25, -0.2) is 8.42 Å². The van der Waals surface area contributed by atoms with Crippen LogP contribution in [0.15, 0.2) is 48.5 Å². The number of hydrogen-bond donors (Lipinski definition) is 1. The van der Waals surface area contributed by atoms with Crippen molar-refractivity contribution in [2.24, 2.45) is 0 Å². The lowest BCUT2D eigenvalue weighted by molar-refractivity contribution is -0.139. The molecule has 0 aliphatic carbocycles. The number of sulfonamides is 1. The normalized spacial score (nSPS) is 13.2. The highest BCUT2D eigenvalue weighted by Gasteiger charge is 2.30. The van der Waals surface area contributed by atoms with Crippen molar-refractivity contribution in [1.82, 2.24) is 10.2 Å². The predicted molar refractivity (Wildman–Crippen MR) is 140 cm³/mol. The average Bonchev–Trinajstić information content (AvgIpc) is 2.76. The van der Waals surface area contributed by atoms with Crippen LogP contribution >= 0.6 is 22.6 Å². The van der Waals surface area contributed by atoms with Gasteiger partial charge in [0.25, 0.3) is 0 Å². The number of hydrogen-bond acceptors (Lipinski definition) is 4. The van der Waals surface area contributed by atoms with Gasteiger partial charge in [0.15, 0.2) is 0 Å². The molecule has 0 saturated carbocycles. The predicted octanol–water partition coefficient (Wildman–Crippen LogP) is 3.70. The van der Waals surface area contributed by atoms with Crippen molar-refractivity contribution < 1.29 is 18.0 Å². The van der Waals surface area contributed by atoms with Crippen LogP contribution in [-0.2, 0) is 26.2 Å². The van der Waals surface area contributed by atoms with E-state index in [2.05, 4.69) is 27.9 Å². The van der Waals surface area contributed by atoms with E-state index in [0.29, 0.717) is 5.69 Å². The molecule has 180 valence electrons. The molecule has 2 aromatic rings. The maximum absolute atomic E-state index is 13.5. The SMILES string of the molecule is CC[C@H](C)NC(=O)[C@@H](C)N(Cc1ccccc1C)C(=O)CN(c1ccc(I)cc1)S(C)(=O)=O. The molecule has 7 nitrogen and oxygen atoms in total. The standard InChI is InChI=1S/C24H32IN3O4S/c1-6-18(3)26-24(30)19(4)27(15-20-10-8-7-9-17(20)2)23(29)16-28(33(5,31)32)22-13-11-21(25)12-14-22/h7-14,18-19H,6,15-16H2,1-5H3,(H,26,30)/t18-,19+/m0/s1. The Labute approximate surface area is 210 Å². The fourth-order valence-corrected chi connectivity index (χ4v) is 4.45. The third kappa shape index (κ3) is 7.70. The fourth-order valence-electron chi connectivity index (χ4n) is 3.24. The van der Waals surface area contributed by atoms with Crippen molar-refractivity contribution in [3.63, 3.8) is 0 Å². The van der Waals surface area contributed by atoms with Crippen LogP contribution in [0.4, 0.5) is 5.69 Å². The molecule has 2 amide bonds. The summed E-state index contributed by atoms with van der Waals surface area (Å²) in [5.74, 6) is -0.722. The zero-order chi connectivity index (χ0) is 24.8. The Kier molecular flexibility index (Phi) is 9.71. The second kappa shape index (κ2) is 11.8. The van der Waals surface area contributed by atoms with E-state index in [1.165, 1.54) is 4.90 Å². The van der Waals surface area contributed by atoms with Gasteiger partial charge in [-0.05, 0) is 85.2 Å². The first-order valence-corrected chi connectivity index (χ1v) is 13.7. The topological polar surface area (TPSA) is 86.8 Å². The van der Waals surface area contributed by atoms with Crippen LogP contribution in [0.1, 0.15) is 38.3 Å². The van der Waals surface area contributed by atoms with Crippen LogP contribution in [0, 0.1) is 10.5 Å². The molecule has 2 rings (SSSR count). The lowest BCUT2D eigenvalue weighted by atomic mass is 10.1. The molecule has 0 radical (unpaired) electrons. The summed E-state index contributed by atoms with van der Waals surface area (Å²) in [6.07, 6.45) is 1.84. The summed E-state index contributed by atoms with van der Waals surface area (Å²) in [5.41, 5.74) is 2.29. The molecule has 0 aliphatic rings. The van der Waals surface area contributed by atoms with E-state index < -0.39 is 28.5 Å². The van der Waals surface area contributed by atoms with Crippen molar-refractivity contribution in [1.29, 1.82) is 0 Å². The average molecular weight is 586 g/mol. The lowest BCUT2D eigenvalue weighted by Gasteiger charge is -2.32. The fraction of sp³-hybridized carbons (Fsp3) is 0.417. The number of aryl methyl sites for hydroxylation is 1. The Balaban J connectivity index is 2.39. The van der Waals surface area contributed by atoms with Gasteiger partial charge < -0.3 is 10.2 Å². The Morgan fingerprint density at radius 3 is 2.21 bits per heavy atom. The summed E-state index contributed by atoms with van der Waals surface area (Å²) >= 11 is 2.13. The largest absolute Gasteiger partial charge is 0.352 e. The zero-order valence-corrected chi connectivity index (χ0v) is 22.7. The molecular weight excluding hydrogens is 553 g/mol. The maximum atomic E-state index is 13.5. The Morgan fingerprint density at radius 2 is 1.67 bits per heavy atom. The highest BCUT2D eigenvalue weighted by molar-refractivity contribution is 14.1. The first kappa shape index (κ1) is 27.1. The summed E-state index contributed by atoms with van der Waals surface area (Å²) in [6, 6.07) is 13.7. The molecule has 0 aromatic heterocycles. The summed E-state index contributed by atoms with van der Waals surface area (Å²) in [5, 5.41) is 2.92. The van der Waals surface area contributed by atoms with Gasteiger partial charge in [-0.1, -0.05) is 31.2 Å². The van der Waals surface area contributed by atoms with Crippen molar-refractivity contribution >= 4 is 50.1 Å². The van der Waals surface area contributed by atoms with E-state index in [0.717, 1.165) is 31.7 Å². The Morgan fingerprint density at radius 1 is 1.06 bits per heavy atom. The van der Waals surface area contributed by atoms with Crippen LogP contribution in [0.5, 0.6) is 0 Å². The van der Waals surface area contributed by atoms with Gasteiger partial charge in [-0.2, -0.15) is 0 Å². The lowest BCUT2D eigenvalue weighted by Crippen LogP contribution is -2.52. The Hall–Kier alpha value is -2.14. The number of halogens is 1. The van der Waals surface area contributed by atoms with Crippen molar-refractivity contribution in [3.05, 3.63) is 63.2 Å². The molecule has 0 saturated heterocycles. The van der Waals surface area contributed by atoms with Gasteiger partial charge in [-0.3, -0.25) is 13.9 Å². The highest BCUT2D eigenvalue weighted by Crippen LogP contribution is 2.21. The second-order valence-electron chi connectivity index (χ2n) is 8.19. The monoisotopic (exact) mass is 585 g/mol. The van der Waals surface area contributed by atoms with Gasteiger partial charge in [-0.15, -0.1) is 0 Å². The molecule has 33 heavy (non-hydrogen) atoms. The van der Waals surface area contributed by atoms with Gasteiger partial charge in [0, 0.05) is 16.2 Å². The number of rotatable bonds is 10. The van der Waals surface area contributed by atoms with Crippen molar-refractivity contribution in [3.8, 4) is 0 Å². The molecule has 0 heterocycles. The number of carbonyl (C=O) groups is 2. The van der Waals surface area contributed by atoms with E-state index in [1.807, 2.05) is 45.0 Å². The van der Waals surface area contributed by atoms with Gasteiger partial charge in [0.2, 0.25) is 21.8 Å². The number of benzene rings is 2. The van der Waals surface area contributed by atoms with Crippen LogP contribution in [0.2, 0.25) is 0 Å². The maximum Gasteiger partial charge on any atom is 0.244 e. The van der Waals surface area contributed by atoms with E-state index >= 15 is 0 Å².